The fraction of sp³-hybridized carbons (Fsp3) is 0.600. The van der Waals surface area contributed by atoms with Crippen LogP contribution in [0, 0.1) is 12.8 Å². The van der Waals surface area contributed by atoms with Gasteiger partial charge in [-0.15, -0.1) is 11.6 Å². The third-order valence-corrected chi connectivity index (χ3v) is 2.79. The van der Waals surface area contributed by atoms with Gasteiger partial charge in [0, 0.05) is 18.0 Å². The molecule has 0 saturated heterocycles. The molecule has 0 spiro atoms. The summed E-state index contributed by atoms with van der Waals surface area (Å²) >= 11 is 5.69. The molecule has 15 heavy (non-hydrogen) atoms. The van der Waals surface area contributed by atoms with E-state index in [0.717, 1.165) is 0 Å². The van der Waals surface area contributed by atoms with Crippen LogP contribution in [0.5, 0.6) is 0 Å². The normalized spacial score (nSPS) is 14.7. The molecule has 0 aliphatic heterocycles. The summed E-state index contributed by atoms with van der Waals surface area (Å²) in [5.74, 6) is 0.720. The van der Waals surface area contributed by atoms with Gasteiger partial charge in [0.05, 0.1) is 5.69 Å². The summed E-state index contributed by atoms with van der Waals surface area (Å²) in [4.78, 5) is 11.6. The van der Waals surface area contributed by atoms with Crippen LogP contribution < -0.4 is 5.32 Å². The van der Waals surface area contributed by atoms with E-state index in [2.05, 4.69) is 10.5 Å². The summed E-state index contributed by atoms with van der Waals surface area (Å²) in [7, 11) is 0. The summed E-state index contributed by atoms with van der Waals surface area (Å²) in [6.45, 7) is 5.66. The third-order valence-electron chi connectivity index (χ3n) is 2.31. The molecule has 4 nitrogen and oxygen atoms in total. The molecular weight excluding hydrogens is 216 g/mol. The van der Waals surface area contributed by atoms with Gasteiger partial charge in [0.1, 0.15) is 0 Å². The maximum absolute atomic E-state index is 11.6. The van der Waals surface area contributed by atoms with Crippen LogP contribution >= 0.6 is 11.6 Å². The second-order valence-electron chi connectivity index (χ2n) is 3.73. The van der Waals surface area contributed by atoms with E-state index in [1.54, 1.807) is 13.0 Å². The van der Waals surface area contributed by atoms with Gasteiger partial charge in [-0.25, -0.2) is 0 Å². The van der Waals surface area contributed by atoms with E-state index in [0.29, 0.717) is 11.6 Å². The minimum atomic E-state index is -0.250. The van der Waals surface area contributed by atoms with Crippen LogP contribution in [0.2, 0.25) is 0 Å². The third kappa shape index (κ3) is 3.23. The van der Waals surface area contributed by atoms with Gasteiger partial charge in [-0.2, -0.15) is 0 Å². The van der Waals surface area contributed by atoms with E-state index in [9.17, 15) is 4.79 Å². The molecule has 0 radical (unpaired) electrons. The Hall–Kier alpha value is -1.03. The van der Waals surface area contributed by atoms with Gasteiger partial charge >= 0.3 is 0 Å². The average molecular weight is 231 g/mol. The van der Waals surface area contributed by atoms with E-state index < -0.39 is 0 Å². The van der Waals surface area contributed by atoms with E-state index in [1.807, 2.05) is 13.8 Å². The van der Waals surface area contributed by atoms with Crippen LogP contribution in [0.1, 0.15) is 30.1 Å². The molecule has 0 aliphatic rings. The highest BCUT2D eigenvalue weighted by Crippen LogP contribution is 2.07. The van der Waals surface area contributed by atoms with E-state index in [1.165, 1.54) is 0 Å². The van der Waals surface area contributed by atoms with Crippen LogP contribution in [0.4, 0.5) is 0 Å². The second-order valence-corrected chi connectivity index (χ2v) is 4.03. The lowest BCUT2D eigenvalue weighted by Crippen LogP contribution is -2.37. The van der Waals surface area contributed by atoms with Crippen LogP contribution in [-0.4, -0.2) is 23.0 Å². The number of amides is 1. The molecular formula is C10H15ClN2O2. The van der Waals surface area contributed by atoms with Gasteiger partial charge in [0.2, 0.25) is 5.76 Å². The van der Waals surface area contributed by atoms with Crippen molar-refractivity contribution in [3.8, 4) is 0 Å². The van der Waals surface area contributed by atoms with Gasteiger partial charge in [-0.3, -0.25) is 4.79 Å². The van der Waals surface area contributed by atoms with Gasteiger partial charge in [0.25, 0.3) is 5.91 Å². The lowest BCUT2D eigenvalue weighted by atomic mass is 10.1. The molecule has 1 aromatic rings. The lowest BCUT2D eigenvalue weighted by molar-refractivity contribution is 0.0893. The number of aromatic nitrogens is 1. The number of carbonyl (C=O) groups is 1. The fourth-order valence-corrected chi connectivity index (χ4v) is 1.29. The zero-order valence-corrected chi connectivity index (χ0v) is 9.84. The molecule has 84 valence electrons. The number of carbonyl (C=O) groups excluding carboxylic acids is 1. The van der Waals surface area contributed by atoms with E-state index in [-0.39, 0.29) is 23.6 Å². The topological polar surface area (TPSA) is 55.1 Å². The number of rotatable bonds is 4. The molecule has 0 fully saturated rings. The first-order valence-electron chi connectivity index (χ1n) is 4.84. The minimum absolute atomic E-state index is 0.0143. The van der Waals surface area contributed by atoms with Crippen molar-refractivity contribution in [3.05, 3.63) is 17.5 Å². The standard InChI is InChI=1S/C10H15ClN2O2/c1-6(5-11)8(3)12-10(14)9-4-7(2)13-15-9/h4,6,8H,5H2,1-3H3,(H,12,14). The Bertz CT molecular complexity index is 338. The van der Waals surface area contributed by atoms with Crippen molar-refractivity contribution in [2.24, 2.45) is 5.92 Å². The molecule has 1 amide bonds. The summed E-state index contributed by atoms with van der Waals surface area (Å²) in [6.07, 6.45) is 0. The van der Waals surface area contributed by atoms with Crippen molar-refractivity contribution in [2.45, 2.75) is 26.8 Å². The molecule has 1 rings (SSSR count). The summed E-state index contributed by atoms with van der Waals surface area (Å²) in [5.41, 5.74) is 0.693. The summed E-state index contributed by atoms with van der Waals surface area (Å²) in [6, 6.07) is 1.62. The summed E-state index contributed by atoms with van der Waals surface area (Å²) in [5, 5.41) is 6.45. The highest BCUT2D eigenvalue weighted by atomic mass is 35.5. The van der Waals surface area contributed by atoms with Crippen LogP contribution in [-0.2, 0) is 0 Å². The Morgan fingerprint density at radius 2 is 2.33 bits per heavy atom. The van der Waals surface area contributed by atoms with Crippen LogP contribution in [0.3, 0.4) is 0 Å². The van der Waals surface area contributed by atoms with Crippen molar-refractivity contribution in [3.63, 3.8) is 0 Å². The molecule has 0 bridgehead atoms. The quantitative estimate of drug-likeness (QED) is 0.805. The molecule has 1 heterocycles. The Morgan fingerprint density at radius 3 is 2.80 bits per heavy atom. The fourth-order valence-electron chi connectivity index (χ4n) is 1.02. The number of alkyl halides is 1. The van der Waals surface area contributed by atoms with Crippen LogP contribution in [0.15, 0.2) is 10.6 Å². The molecule has 1 N–H and O–H groups in total. The van der Waals surface area contributed by atoms with Gasteiger partial charge in [-0.05, 0) is 19.8 Å². The molecule has 0 aliphatic carbocycles. The van der Waals surface area contributed by atoms with E-state index in [4.69, 9.17) is 16.1 Å². The van der Waals surface area contributed by atoms with Gasteiger partial charge in [-0.1, -0.05) is 12.1 Å². The predicted octanol–water partition coefficient (Wildman–Crippen LogP) is 1.98. The smallest absolute Gasteiger partial charge is 0.290 e. The largest absolute Gasteiger partial charge is 0.351 e. The molecule has 5 heteroatoms. The highest BCUT2D eigenvalue weighted by Gasteiger charge is 2.17. The minimum Gasteiger partial charge on any atom is -0.351 e. The average Bonchev–Trinajstić information content (AvgIpc) is 2.63. The molecule has 2 atom stereocenters. The summed E-state index contributed by atoms with van der Waals surface area (Å²) < 4.78 is 4.85. The molecule has 2 unspecified atom stereocenters. The SMILES string of the molecule is Cc1cc(C(=O)NC(C)C(C)CCl)on1. The Balaban J connectivity index is 2.56. The molecule has 0 saturated carbocycles. The Kier molecular flexibility index (Phi) is 4.15. The maximum atomic E-state index is 11.6. The molecule has 1 aromatic heterocycles. The van der Waals surface area contributed by atoms with Crippen molar-refractivity contribution < 1.29 is 9.32 Å². The Morgan fingerprint density at radius 1 is 1.67 bits per heavy atom. The first-order chi connectivity index (χ1) is 7.04. The maximum Gasteiger partial charge on any atom is 0.290 e. The molecule has 0 aromatic carbocycles. The van der Waals surface area contributed by atoms with Crippen molar-refractivity contribution >= 4 is 17.5 Å². The number of aryl methyl sites for hydroxylation is 1. The zero-order chi connectivity index (χ0) is 11.4. The van der Waals surface area contributed by atoms with Gasteiger partial charge in [0.15, 0.2) is 0 Å². The van der Waals surface area contributed by atoms with Crippen molar-refractivity contribution in [1.82, 2.24) is 10.5 Å². The van der Waals surface area contributed by atoms with Crippen molar-refractivity contribution in [2.75, 3.05) is 5.88 Å². The van der Waals surface area contributed by atoms with Gasteiger partial charge < -0.3 is 9.84 Å². The number of halogens is 1. The Labute approximate surface area is 94.0 Å². The number of hydrogen-bond acceptors (Lipinski definition) is 3. The number of hydrogen-bond donors (Lipinski definition) is 1. The zero-order valence-electron chi connectivity index (χ0n) is 9.08. The second kappa shape index (κ2) is 5.16. The van der Waals surface area contributed by atoms with Crippen LogP contribution in [0.25, 0.3) is 0 Å². The predicted molar refractivity (Wildman–Crippen MR) is 58.1 cm³/mol. The first-order valence-corrected chi connectivity index (χ1v) is 5.38. The first kappa shape index (κ1) is 12.0. The highest BCUT2D eigenvalue weighted by molar-refractivity contribution is 6.18. The number of nitrogens with zero attached hydrogens (tertiary/aromatic N) is 1. The number of nitrogens with one attached hydrogen (secondary N) is 1. The van der Waals surface area contributed by atoms with E-state index >= 15 is 0 Å². The monoisotopic (exact) mass is 230 g/mol. The lowest BCUT2D eigenvalue weighted by Gasteiger charge is -2.17. The van der Waals surface area contributed by atoms with Crippen molar-refractivity contribution in [1.29, 1.82) is 0 Å².